The maximum atomic E-state index is 12.9. The Morgan fingerprint density at radius 3 is 2.19 bits per heavy atom. The minimum absolute atomic E-state index is 0.143. The molecule has 0 radical (unpaired) electrons. The number of aromatic amines is 2. The van der Waals surface area contributed by atoms with Gasteiger partial charge in [-0.2, -0.15) is 5.10 Å². The van der Waals surface area contributed by atoms with Gasteiger partial charge in [-0.15, -0.1) is 0 Å². The minimum Gasteiger partial charge on any atom is -0.444 e. The molecule has 4 heterocycles. The fourth-order valence-electron chi connectivity index (χ4n) is 6.12. The zero-order valence-corrected chi connectivity index (χ0v) is 28.2. The summed E-state index contributed by atoms with van der Waals surface area (Å²) >= 11 is 0. The Bertz CT molecular complexity index is 1830. The van der Waals surface area contributed by atoms with Crippen LogP contribution in [0.4, 0.5) is 9.59 Å². The summed E-state index contributed by atoms with van der Waals surface area (Å²) in [6.45, 7) is 14.6. The molecule has 0 unspecified atom stereocenters. The largest absolute Gasteiger partial charge is 0.444 e. The second kappa shape index (κ2) is 12.4. The molecule has 0 saturated carbocycles. The highest BCUT2D eigenvalue weighted by atomic mass is 16.6. The number of aromatic nitrogens is 5. The van der Waals surface area contributed by atoms with E-state index in [4.69, 9.17) is 19.4 Å². The molecule has 6 rings (SSSR count). The average molecular weight is 638 g/mol. The standard InChI is InChI=1S/C36H43N7O4/c1-22-18-20-43(34(45)47-36(5,6)7)29(22)32-39-30(40-41-32)25-15-12-23(13-16-25)10-11-24-14-17-26-27(21-24)38-31(37-26)28-9-8-19-42(28)33(44)46-35(2,3)4/h12-17,21-22,28-29H,8-9,18-20H2,1-7H3,(H,37,38)(H,39,40,41)/t22-,28+,29+/m1/s1. The van der Waals surface area contributed by atoms with E-state index >= 15 is 0 Å². The molecule has 0 aliphatic carbocycles. The number of hydrogen-bond donors (Lipinski definition) is 2. The molecule has 11 nitrogen and oxygen atoms in total. The maximum absolute atomic E-state index is 12.9. The Hall–Kier alpha value is -4.85. The highest BCUT2D eigenvalue weighted by Crippen LogP contribution is 2.37. The number of rotatable bonds is 3. The highest BCUT2D eigenvalue weighted by Gasteiger charge is 2.40. The lowest BCUT2D eigenvalue weighted by atomic mass is 10.0. The average Bonchev–Trinajstić information content (AvgIpc) is 3.79. The molecule has 0 spiro atoms. The molecule has 2 aromatic heterocycles. The van der Waals surface area contributed by atoms with Crippen molar-refractivity contribution in [2.24, 2.45) is 5.92 Å². The summed E-state index contributed by atoms with van der Waals surface area (Å²) < 4.78 is 11.3. The van der Waals surface area contributed by atoms with Crippen LogP contribution in [-0.2, 0) is 9.47 Å². The van der Waals surface area contributed by atoms with Crippen molar-refractivity contribution < 1.29 is 19.1 Å². The maximum Gasteiger partial charge on any atom is 0.410 e. The number of imidazole rings is 1. The molecule has 11 heteroatoms. The van der Waals surface area contributed by atoms with Crippen LogP contribution in [0.2, 0.25) is 0 Å². The number of carbonyl (C=O) groups excluding carboxylic acids is 2. The minimum atomic E-state index is -0.567. The Balaban J connectivity index is 1.14. The number of amides is 2. The first-order chi connectivity index (χ1) is 22.2. The fraction of sp³-hybridized carbons (Fsp3) is 0.472. The quantitative estimate of drug-likeness (QED) is 0.229. The van der Waals surface area contributed by atoms with Gasteiger partial charge in [0.2, 0.25) is 0 Å². The van der Waals surface area contributed by atoms with Crippen molar-refractivity contribution in [3.63, 3.8) is 0 Å². The summed E-state index contributed by atoms with van der Waals surface area (Å²) in [5.74, 6) is 8.69. The highest BCUT2D eigenvalue weighted by molar-refractivity contribution is 5.77. The van der Waals surface area contributed by atoms with E-state index in [1.807, 2.05) is 84.0 Å². The van der Waals surface area contributed by atoms with Crippen molar-refractivity contribution in [2.75, 3.05) is 13.1 Å². The van der Waals surface area contributed by atoms with E-state index in [2.05, 4.69) is 33.9 Å². The van der Waals surface area contributed by atoms with Gasteiger partial charge in [0.25, 0.3) is 0 Å². The first kappa shape index (κ1) is 32.1. The van der Waals surface area contributed by atoms with E-state index in [1.165, 1.54) is 0 Å². The van der Waals surface area contributed by atoms with E-state index in [1.54, 1.807) is 9.80 Å². The van der Waals surface area contributed by atoms with Crippen LogP contribution in [0.5, 0.6) is 0 Å². The van der Waals surface area contributed by atoms with Crippen LogP contribution in [0.1, 0.15) is 103 Å². The zero-order chi connectivity index (χ0) is 33.5. The van der Waals surface area contributed by atoms with Gasteiger partial charge in [-0.1, -0.05) is 18.8 Å². The number of nitrogens with one attached hydrogen (secondary N) is 2. The van der Waals surface area contributed by atoms with Crippen LogP contribution in [-0.4, -0.2) is 71.4 Å². The number of fused-ring (bicyclic) bond motifs is 1. The van der Waals surface area contributed by atoms with Crippen molar-refractivity contribution in [2.45, 2.75) is 91.0 Å². The van der Waals surface area contributed by atoms with Crippen LogP contribution < -0.4 is 0 Å². The van der Waals surface area contributed by atoms with Crippen molar-refractivity contribution in [1.29, 1.82) is 0 Å². The second-order valence-corrected chi connectivity index (χ2v) is 14.4. The topological polar surface area (TPSA) is 129 Å². The summed E-state index contributed by atoms with van der Waals surface area (Å²) in [6.07, 6.45) is 1.96. The smallest absolute Gasteiger partial charge is 0.410 e. The van der Waals surface area contributed by atoms with Gasteiger partial charge >= 0.3 is 12.2 Å². The summed E-state index contributed by atoms with van der Waals surface area (Å²) in [5, 5.41) is 7.52. The SMILES string of the molecule is C[C@@H]1CCN(C(=O)OC(C)(C)C)[C@@H]1c1nc(-c2ccc(C#Cc3ccc4[nH]c([C@@H]5CCCN5C(=O)OC(C)(C)C)nc4c3)cc2)n[nH]1. The molecule has 4 aromatic rings. The first-order valence-electron chi connectivity index (χ1n) is 16.3. The molecule has 2 saturated heterocycles. The van der Waals surface area contributed by atoms with Crippen LogP contribution in [0.25, 0.3) is 22.4 Å². The van der Waals surface area contributed by atoms with Gasteiger partial charge in [0.05, 0.1) is 23.1 Å². The Labute approximate surface area is 275 Å². The number of ether oxygens (including phenoxy) is 2. The molecule has 2 aliphatic heterocycles. The lowest BCUT2D eigenvalue weighted by molar-refractivity contribution is 0.0196. The van der Waals surface area contributed by atoms with Gasteiger partial charge < -0.3 is 14.5 Å². The Kier molecular flexibility index (Phi) is 8.47. The Morgan fingerprint density at radius 1 is 0.830 bits per heavy atom. The van der Waals surface area contributed by atoms with E-state index in [0.717, 1.165) is 52.8 Å². The van der Waals surface area contributed by atoms with Gasteiger partial charge in [0, 0.05) is 29.8 Å². The number of likely N-dealkylation sites (tertiary alicyclic amines) is 2. The van der Waals surface area contributed by atoms with Crippen molar-refractivity contribution in [3.05, 3.63) is 65.2 Å². The molecule has 2 amide bonds. The van der Waals surface area contributed by atoms with Crippen LogP contribution in [0.3, 0.4) is 0 Å². The fourth-order valence-corrected chi connectivity index (χ4v) is 6.12. The molecule has 0 bridgehead atoms. The van der Waals surface area contributed by atoms with Gasteiger partial charge in [0.15, 0.2) is 5.82 Å². The normalized spacial score (nSPS) is 19.9. The number of H-pyrrole nitrogens is 2. The predicted molar refractivity (Wildman–Crippen MR) is 178 cm³/mol. The molecule has 2 fully saturated rings. The van der Waals surface area contributed by atoms with E-state index in [9.17, 15) is 9.59 Å². The van der Waals surface area contributed by atoms with Crippen LogP contribution >= 0.6 is 0 Å². The Morgan fingerprint density at radius 2 is 1.49 bits per heavy atom. The third-order valence-corrected chi connectivity index (χ3v) is 8.30. The molecule has 47 heavy (non-hydrogen) atoms. The van der Waals surface area contributed by atoms with Crippen LogP contribution in [0.15, 0.2) is 42.5 Å². The van der Waals surface area contributed by atoms with Gasteiger partial charge in [-0.05, 0) is 109 Å². The van der Waals surface area contributed by atoms with Crippen LogP contribution in [0, 0.1) is 17.8 Å². The van der Waals surface area contributed by atoms with Gasteiger partial charge in [-0.3, -0.25) is 14.9 Å². The third kappa shape index (κ3) is 7.27. The second-order valence-electron chi connectivity index (χ2n) is 14.4. The summed E-state index contributed by atoms with van der Waals surface area (Å²) in [7, 11) is 0. The summed E-state index contributed by atoms with van der Waals surface area (Å²) in [4.78, 5) is 42.2. The van der Waals surface area contributed by atoms with Crippen molar-refractivity contribution >= 4 is 23.2 Å². The number of hydrogen-bond acceptors (Lipinski definition) is 7. The molecule has 2 aliphatic rings. The molecule has 3 atom stereocenters. The lowest BCUT2D eigenvalue weighted by Gasteiger charge is -2.28. The first-order valence-corrected chi connectivity index (χ1v) is 16.3. The molecular weight excluding hydrogens is 594 g/mol. The molecule has 2 N–H and O–H groups in total. The predicted octanol–water partition coefficient (Wildman–Crippen LogP) is 7.14. The molecule has 246 valence electrons. The monoisotopic (exact) mass is 637 g/mol. The summed E-state index contributed by atoms with van der Waals surface area (Å²) in [5.41, 5.74) is 3.14. The van der Waals surface area contributed by atoms with E-state index < -0.39 is 11.2 Å². The number of nitrogens with zero attached hydrogens (tertiary/aromatic N) is 5. The third-order valence-electron chi connectivity index (χ3n) is 8.30. The van der Waals surface area contributed by atoms with E-state index in [0.29, 0.717) is 24.7 Å². The van der Waals surface area contributed by atoms with Gasteiger partial charge in [-0.25, -0.2) is 19.6 Å². The molecule has 2 aromatic carbocycles. The van der Waals surface area contributed by atoms with Gasteiger partial charge in [0.1, 0.15) is 22.9 Å². The zero-order valence-electron chi connectivity index (χ0n) is 28.2. The molecular formula is C36H43N7O4. The van der Waals surface area contributed by atoms with E-state index in [-0.39, 0.29) is 30.2 Å². The number of benzene rings is 2. The summed E-state index contributed by atoms with van der Waals surface area (Å²) in [6, 6.07) is 13.3. The van der Waals surface area contributed by atoms with Crippen molar-refractivity contribution in [1.82, 2.24) is 34.9 Å². The van der Waals surface area contributed by atoms with Crippen molar-refractivity contribution in [3.8, 4) is 23.2 Å². The lowest BCUT2D eigenvalue weighted by Crippen LogP contribution is -2.37. The number of carbonyl (C=O) groups is 2.